The predicted octanol–water partition coefficient (Wildman–Crippen LogP) is 0.101. The quantitative estimate of drug-likeness (QED) is 0.537. The first kappa shape index (κ1) is 9.24. The number of hydrogen-bond donors (Lipinski definition) is 2. The number of carbonyl (C=O) groups excluding carboxylic acids is 2. The molecule has 76 valence electrons. The van der Waals surface area contributed by atoms with Crippen molar-refractivity contribution in [2.24, 2.45) is 0 Å². The lowest BCUT2D eigenvalue weighted by atomic mass is 9.78. The summed E-state index contributed by atoms with van der Waals surface area (Å²) in [6, 6.07) is 0. The number of amides is 2. The van der Waals surface area contributed by atoms with Gasteiger partial charge in [-0.2, -0.15) is 0 Å². The number of rotatable bonds is 0. The fourth-order valence-electron chi connectivity index (χ4n) is 2.08. The highest BCUT2D eigenvalue weighted by molar-refractivity contribution is 5.98. The molecule has 0 unspecified atom stereocenters. The van der Waals surface area contributed by atoms with E-state index < -0.39 is 5.54 Å². The second kappa shape index (κ2) is 3.12. The van der Waals surface area contributed by atoms with Crippen molar-refractivity contribution in [3.8, 4) is 0 Å². The minimum Gasteiger partial charge on any atom is -0.345 e. The molecule has 2 N–H and O–H groups in total. The minimum atomic E-state index is -0.642. The van der Waals surface area contributed by atoms with Crippen molar-refractivity contribution < 1.29 is 9.59 Å². The topological polar surface area (TPSA) is 58.2 Å². The van der Waals surface area contributed by atoms with Crippen LogP contribution >= 0.6 is 0 Å². The molecule has 0 atom stereocenters. The fraction of sp³-hybridized carbons (Fsp3) is 0.600. The monoisotopic (exact) mass is 194 g/mol. The van der Waals surface area contributed by atoms with Crippen LogP contribution in [0.2, 0.25) is 0 Å². The zero-order valence-corrected chi connectivity index (χ0v) is 8.06. The van der Waals surface area contributed by atoms with Crippen molar-refractivity contribution in [2.45, 2.75) is 31.2 Å². The van der Waals surface area contributed by atoms with E-state index in [9.17, 15) is 9.59 Å². The van der Waals surface area contributed by atoms with Gasteiger partial charge in [0.2, 0.25) is 11.8 Å². The molecule has 1 spiro atoms. The van der Waals surface area contributed by atoms with Crippen LogP contribution in [0.25, 0.3) is 0 Å². The average Bonchev–Trinajstić information content (AvgIpc) is 2.17. The van der Waals surface area contributed by atoms with Crippen LogP contribution in [0.15, 0.2) is 12.2 Å². The maximum Gasteiger partial charge on any atom is 0.246 e. The Hall–Kier alpha value is -1.32. The molecule has 0 radical (unpaired) electrons. The third-order valence-electron chi connectivity index (χ3n) is 3.03. The first-order chi connectivity index (χ1) is 6.62. The average molecular weight is 194 g/mol. The van der Waals surface area contributed by atoms with Gasteiger partial charge in [0.25, 0.3) is 0 Å². The van der Waals surface area contributed by atoms with E-state index in [4.69, 9.17) is 0 Å². The Morgan fingerprint density at radius 3 is 2.50 bits per heavy atom. The van der Waals surface area contributed by atoms with Gasteiger partial charge in [-0.15, -0.1) is 0 Å². The summed E-state index contributed by atoms with van der Waals surface area (Å²) >= 11 is 0. The van der Waals surface area contributed by atoms with Gasteiger partial charge in [-0.3, -0.25) is 9.59 Å². The van der Waals surface area contributed by atoms with E-state index in [1.165, 1.54) is 5.57 Å². The molecular formula is C10H14N2O2. The van der Waals surface area contributed by atoms with Crippen molar-refractivity contribution >= 4 is 11.8 Å². The summed E-state index contributed by atoms with van der Waals surface area (Å²) in [4.78, 5) is 22.9. The number of hydrogen-bond acceptors (Lipinski definition) is 2. The normalized spacial score (nSPS) is 25.9. The lowest BCUT2D eigenvalue weighted by molar-refractivity contribution is -0.139. The standard InChI is InChI=1S/C10H14N2O2/c1-7-2-4-10(5-3-7)9(14)11-6-8(13)12-10/h1-6H2,(H,11,14)(H,12,13). The van der Waals surface area contributed by atoms with Gasteiger partial charge in [0.1, 0.15) is 5.54 Å². The van der Waals surface area contributed by atoms with Crippen LogP contribution < -0.4 is 10.6 Å². The van der Waals surface area contributed by atoms with Crippen molar-refractivity contribution in [3.05, 3.63) is 12.2 Å². The number of nitrogens with one attached hydrogen (secondary N) is 2. The summed E-state index contributed by atoms with van der Waals surface area (Å²) in [5, 5.41) is 5.44. The Labute approximate surface area is 82.7 Å². The van der Waals surface area contributed by atoms with Crippen molar-refractivity contribution in [1.29, 1.82) is 0 Å². The van der Waals surface area contributed by atoms with E-state index in [0.29, 0.717) is 12.8 Å². The van der Waals surface area contributed by atoms with Gasteiger partial charge < -0.3 is 10.6 Å². The second-order valence-corrected chi connectivity index (χ2v) is 4.06. The van der Waals surface area contributed by atoms with Gasteiger partial charge in [-0.25, -0.2) is 0 Å². The van der Waals surface area contributed by atoms with Crippen LogP contribution in [-0.2, 0) is 9.59 Å². The Morgan fingerprint density at radius 2 is 1.86 bits per heavy atom. The van der Waals surface area contributed by atoms with Gasteiger partial charge in [0.05, 0.1) is 6.54 Å². The van der Waals surface area contributed by atoms with E-state index >= 15 is 0 Å². The molecule has 2 aliphatic rings. The van der Waals surface area contributed by atoms with Crippen LogP contribution in [-0.4, -0.2) is 23.9 Å². The molecule has 1 saturated heterocycles. The Kier molecular flexibility index (Phi) is 2.06. The molecule has 0 aromatic rings. The fourth-order valence-corrected chi connectivity index (χ4v) is 2.08. The third kappa shape index (κ3) is 1.41. The lowest BCUT2D eigenvalue weighted by Crippen LogP contribution is -2.66. The molecular weight excluding hydrogens is 180 g/mol. The van der Waals surface area contributed by atoms with E-state index in [0.717, 1.165) is 12.8 Å². The van der Waals surface area contributed by atoms with Crippen molar-refractivity contribution in [3.63, 3.8) is 0 Å². The third-order valence-corrected chi connectivity index (χ3v) is 3.03. The highest BCUT2D eigenvalue weighted by Gasteiger charge is 2.43. The molecule has 1 saturated carbocycles. The zero-order chi connectivity index (χ0) is 10.2. The summed E-state index contributed by atoms with van der Waals surface area (Å²) < 4.78 is 0. The predicted molar refractivity (Wildman–Crippen MR) is 51.5 cm³/mol. The molecule has 2 fully saturated rings. The van der Waals surface area contributed by atoms with Crippen LogP contribution in [0.1, 0.15) is 25.7 Å². The second-order valence-electron chi connectivity index (χ2n) is 4.06. The summed E-state index contributed by atoms with van der Waals surface area (Å²) in [6.07, 6.45) is 3.02. The molecule has 14 heavy (non-hydrogen) atoms. The summed E-state index contributed by atoms with van der Waals surface area (Å²) in [6.45, 7) is 4.00. The smallest absolute Gasteiger partial charge is 0.246 e. The molecule has 2 amide bonds. The van der Waals surface area contributed by atoms with Gasteiger partial charge in [-0.05, 0) is 25.7 Å². The van der Waals surface area contributed by atoms with Gasteiger partial charge in [-0.1, -0.05) is 12.2 Å². The van der Waals surface area contributed by atoms with Crippen molar-refractivity contribution in [2.75, 3.05) is 6.54 Å². The molecule has 1 aliphatic carbocycles. The SMILES string of the molecule is C=C1CCC2(CC1)NC(=O)CNC2=O. The molecule has 4 nitrogen and oxygen atoms in total. The first-order valence-electron chi connectivity index (χ1n) is 4.88. The number of piperazine rings is 1. The molecule has 0 aromatic heterocycles. The molecule has 2 rings (SSSR count). The van der Waals surface area contributed by atoms with Gasteiger partial charge in [0.15, 0.2) is 0 Å². The highest BCUT2D eigenvalue weighted by atomic mass is 16.2. The molecule has 4 heteroatoms. The van der Waals surface area contributed by atoms with Crippen LogP contribution in [0.5, 0.6) is 0 Å². The van der Waals surface area contributed by atoms with E-state index in [2.05, 4.69) is 17.2 Å². The van der Waals surface area contributed by atoms with Crippen LogP contribution in [0, 0.1) is 0 Å². The summed E-state index contributed by atoms with van der Waals surface area (Å²) in [5.74, 6) is -0.123. The van der Waals surface area contributed by atoms with Crippen LogP contribution in [0.4, 0.5) is 0 Å². The van der Waals surface area contributed by atoms with Crippen LogP contribution in [0.3, 0.4) is 0 Å². The van der Waals surface area contributed by atoms with E-state index in [1.807, 2.05) is 0 Å². The number of allylic oxidation sites excluding steroid dienone is 1. The maximum atomic E-state index is 11.7. The summed E-state index contributed by atoms with van der Waals surface area (Å²) in [7, 11) is 0. The molecule has 0 bridgehead atoms. The van der Waals surface area contributed by atoms with Gasteiger partial charge >= 0.3 is 0 Å². The largest absolute Gasteiger partial charge is 0.345 e. The highest BCUT2D eigenvalue weighted by Crippen LogP contribution is 2.31. The number of carbonyl (C=O) groups is 2. The molecule has 1 aliphatic heterocycles. The maximum absolute atomic E-state index is 11.7. The Balaban J connectivity index is 2.16. The molecule has 0 aromatic carbocycles. The summed E-state index contributed by atoms with van der Waals surface area (Å²) in [5.41, 5.74) is 0.527. The van der Waals surface area contributed by atoms with Gasteiger partial charge in [0, 0.05) is 0 Å². The first-order valence-corrected chi connectivity index (χ1v) is 4.88. The Bertz CT molecular complexity index is 299. The Morgan fingerprint density at radius 1 is 1.21 bits per heavy atom. The zero-order valence-electron chi connectivity index (χ0n) is 8.06. The van der Waals surface area contributed by atoms with Crippen molar-refractivity contribution in [1.82, 2.24) is 10.6 Å². The molecule has 1 heterocycles. The van der Waals surface area contributed by atoms with E-state index in [-0.39, 0.29) is 18.4 Å². The van der Waals surface area contributed by atoms with E-state index in [1.54, 1.807) is 0 Å². The lowest BCUT2D eigenvalue weighted by Gasteiger charge is -2.40. The minimum absolute atomic E-state index is 0.0374.